The molecule has 0 aliphatic rings. The molecule has 0 aliphatic heterocycles. The van der Waals surface area contributed by atoms with Crippen molar-refractivity contribution in [2.75, 3.05) is 26.4 Å². The van der Waals surface area contributed by atoms with Crippen LogP contribution >= 0.6 is 7.82 Å². The van der Waals surface area contributed by atoms with Gasteiger partial charge in [-0.1, -0.05) is 131 Å². The SMILES string of the molecule is CC/C=C\C/C=C\C/C=C\C/C=C\C=C\C(O)CCCC(=O)OC[C@H](COP(=O)(O)OCCN)OC(=O)CCCCCCC/C=C\C/C=C\CCCCC. The Morgan fingerprint density at radius 3 is 1.89 bits per heavy atom. The number of phosphoric ester groups is 1. The van der Waals surface area contributed by atoms with E-state index in [9.17, 15) is 24.2 Å². The molecule has 308 valence electrons. The van der Waals surface area contributed by atoms with Crippen molar-refractivity contribution in [2.45, 2.75) is 148 Å². The number of allylic oxidation sites excluding steroid dienone is 13. The number of rotatable bonds is 36. The predicted molar refractivity (Wildman–Crippen MR) is 221 cm³/mol. The van der Waals surface area contributed by atoms with Crippen LogP contribution in [0.2, 0.25) is 0 Å². The number of carbonyl (C=O) groups is 2. The van der Waals surface area contributed by atoms with Gasteiger partial charge in [-0.25, -0.2) is 4.57 Å². The number of nitrogens with two attached hydrogens (primary N) is 1. The van der Waals surface area contributed by atoms with Gasteiger partial charge in [0, 0.05) is 19.4 Å². The molecule has 0 spiro atoms. The molecule has 2 unspecified atom stereocenters. The zero-order valence-electron chi connectivity index (χ0n) is 33.3. The van der Waals surface area contributed by atoms with Gasteiger partial charge in [0.1, 0.15) is 6.61 Å². The lowest BCUT2D eigenvalue weighted by Gasteiger charge is -2.20. The fraction of sp³-hybridized carbons (Fsp3) is 0.628. The molecular formula is C43H72NO9P. The summed E-state index contributed by atoms with van der Waals surface area (Å²) in [6, 6.07) is 0. The Hall–Kier alpha value is -2.85. The Morgan fingerprint density at radius 2 is 1.24 bits per heavy atom. The van der Waals surface area contributed by atoms with Gasteiger partial charge in [-0.2, -0.15) is 0 Å². The Balaban J connectivity index is 4.44. The molecule has 0 saturated heterocycles. The summed E-state index contributed by atoms with van der Waals surface area (Å²) in [6.45, 7) is 3.32. The maximum atomic E-state index is 12.6. The zero-order valence-corrected chi connectivity index (χ0v) is 34.2. The summed E-state index contributed by atoms with van der Waals surface area (Å²) < 4.78 is 32.5. The van der Waals surface area contributed by atoms with Crippen LogP contribution in [0.3, 0.4) is 0 Å². The van der Waals surface area contributed by atoms with Gasteiger partial charge >= 0.3 is 19.8 Å². The summed E-state index contributed by atoms with van der Waals surface area (Å²) >= 11 is 0. The van der Waals surface area contributed by atoms with Crippen molar-refractivity contribution in [1.29, 1.82) is 0 Å². The van der Waals surface area contributed by atoms with Gasteiger partial charge < -0.3 is 25.2 Å². The molecule has 0 aliphatic carbocycles. The van der Waals surface area contributed by atoms with E-state index in [2.05, 4.69) is 74.6 Å². The number of ether oxygens (including phenoxy) is 2. The normalized spacial score (nSPS) is 14.8. The molecule has 0 aromatic heterocycles. The van der Waals surface area contributed by atoms with Crippen molar-refractivity contribution < 1.29 is 42.7 Å². The minimum absolute atomic E-state index is 0.0202. The van der Waals surface area contributed by atoms with Crippen LogP contribution in [0.4, 0.5) is 0 Å². The lowest BCUT2D eigenvalue weighted by Crippen LogP contribution is -2.29. The average Bonchev–Trinajstić information content (AvgIpc) is 3.15. The van der Waals surface area contributed by atoms with Crippen LogP contribution in [0.1, 0.15) is 136 Å². The van der Waals surface area contributed by atoms with Crippen molar-refractivity contribution in [3.05, 3.63) is 85.1 Å². The highest BCUT2D eigenvalue weighted by Gasteiger charge is 2.26. The molecule has 0 rings (SSSR count). The third-order valence-corrected chi connectivity index (χ3v) is 8.85. The highest BCUT2D eigenvalue weighted by atomic mass is 31.2. The molecule has 4 N–H and O–H groups in total. The van der Waals surface area contributed by atoms with Gasteiger partial charge in [-0.3, -0.25) is 18.6 Å². The summed E-state index contributed by atoms with van der Waals surface area (Å²) in [5, 5.41) is 10.2. The minimum Gasteiger partial charge on any atom is -0.462 e. The summed E-state index contributed by atoms with van der Waals surface area (Å²) in [5.41, 5.74) is 5.33. The van der Waals surface area contributed by atoms with E-state index in [-0.39, 0.29) is 32.6 Å². The molecule has 0 radical (unpaired) electrons. The maximum absolute atomic E-state index is 12.6. The van der Waals surface area contributed by atoms with E-state index in [1.54, 1.807) is 12.2 Å². The van der Waals surface area contributed by atoms with Crippen molar-refractivity contribution in [1.82, 2.24) is 0 Å². The number of hydrogen-bond donors (Lipinski definition) is 3. The Kier molecular flexibility index (Phi) is 36.4. The number of aliphatic hydroxyl groups excluding tert-OH is 1. The van der Waals surface area contributed by atoms with E-state index >= 15 is 0 Å². The largest absolute Gasteiger partial charge is 0.472 e. The van der Waals surface area contributed by atoms with E-state index in [1.165, 1.54) is 19.3 Å². The number of carbonyl (C=O) groups excluding carboxylic acids is 2. The quantitative estimate of drug-likeness (QED) is 0.0184. The van der Waals surface area contributed by atoms with Crippen LogP contribution in [-0.2, 0) is 32.7 Å². The Bertz CT molecular complexity index is 1180. The van der Waals surface area contributed by atoms with Gasteiger partial charge in [-0.15, -0.1) is 0 Å². The molecule has 3 atom stereocenters. The number of hydrogen-bond acceptors (Lipinski definition) is 9. The molecule has 0 heterocycles. The van der Waals surface area contributed by atoms with Gasteiger partial charge in [0.15, 0.2) is 6.10 Å². The minimum atomic E-state index is -4.43. The molecule has 0 aromatic rings. The van der Waals surface area contributed by atoms with Gasteiger partial charge in [-0.05, 0) is 77.0 Å². The molecule has 0 amide bonds. The standard InChI is InChI=1S/C43H72NO9P/c1-3-5-7-9-11-13-15-17-18-20-22-24-26-28-30-34-43(47)53-41(39-52-54(48,49)51-37-36-44)38-50-42(46)35-31-33-40(45)32-29-27-25-23-21-19-16-14-12-10-8-6-4-2/h6,8,11-14,17-19,21,25,27,29,32,40-41,45H,3-5,7,9-10,15-16,20,22-24,26,28,30-31,33-39,44H2,1-2H3,(H,48,49)/b8-6-,13-11-,14-12-,18-17-,21-19-,27-25-,32-29+/t40?,41-/m1/s1. The second-order valence-electron chi connectivity index (χ2n) is 13.0. The van der Waals surface area contributed by atoms with E-state index in [0.717, 1.165) is 70.6 Å². The first-order valence-corrected chi connectivity index (χ1v) is 21.7. The predicted octanol–water partition coefficient (Wildman–Crippen LogP) is 10.2. The third kappa shape index (κ3) is 37.5. The van der Waals surface area contributed by atoms with E-state index in [0.29, 0.717) is 19.3 Å². The van der Waals surface area contributed by atoms with Crippen LogP contribution < -0.4 is 5.73 Å². The van der Waals surface area contributed by atoms with Gasteiger partial charge in [0.05, 0.1) is 19.3 Å². The summed E-state index contributed by atoms with van der Waals surface area (Å²) in [5.74, 6) is -1.06. The van der Waals surface area contributed by atoms with E-state index in [4.69, 9.17) is 24.3 Å². The van der Waals surface area contributed by atoms with Gasteiger partial charge in [0.2, 0.25) is 0 Å². The molecule has 0 saturated carbocycles. The first kappa shape index (κ1) is 51.1. The number of phosphoric acid groups is 1. The molecular weight excluding hydrogens is 705 g/mol. The van der Waals surface area contributed by atoms with Crippen LogP contribution in [0.25, 0.3) is 0 Å². The molecule has 0 aromatic carbocycles. The first-order valence-electron chi connectivity index (χ1n) is 20.2. The Morgan fingerprint density at radius 1 is 0.667 bits per heavy atom. The molecule has 0 fully saturated rings. The number of aliphatic hydroxyl groups is 1. The zero-order chi connectivity index (χ0) is 39.8. The second kappa shape index (κ2) is 38.4. The third-order valence-electron chi connectivity index (χ3n) is 7.87. The molecule has 0 bridgehead atoms. The monoisotopic (exact) mass is 777 g/mol. The van der Waals surface area contributed by atoms with Crippen LogP contribution in [0, 0.1) is 0 Å². The number of unbranched alkanes of at least 4 members (excludes halogenated alkanes) is 8. The fourth-order valence-corrected chi connectivity index (χ4v) is 5.63. The smallest absolute Gasteiger partial charge is 0.462 e. The molecule has 10 nitrogen and oxygen atoms in total. The second-order valence-corrected chi connectivity index (χ2v) is 14.4. The molecule has 11 heteroatoms. The van der Waals surface area contributed by atoms with Crippen LogP contribution in [0.15, 0.2) is 85.1 Å². The number of esters is 2. The fourth-order valence-electron chi connectivity index (χ4n) is 4.87. The van der Waals surface area contributed by atoms with Crippen molar-refractivity contribution in [2.24, 2.45) is 5.73 Å². The van der Waals surface area contributed by atoms with Crippen molar-refractivity contribution >= 4 is 19.8 Å². The summed E-state index contributed by atoms with van der Waals surface area (Å²) in [7, 11) is -4.43. The van der Waals surface area contributed by atoms with E-state index < -0.39 is 38.6 Å². The maximum Gasteiger partial charge on any atom is 0.472 e. The topological polar surface area (TPSA) is 155 Å². The highest BCUT2D eigenvalue weighted by Crippen LogP contribution is 2.43. The van der Waals surface area contributed by atoms with Crippen molar-refractivity contribution in [3.8, 4) is 0 Å². The lowest BCUT2D eigenvalue weighted by atomic mass is 10.1. The lowest BCUT2D eigenvalue weighted by molar-refractivity contribution is -0.161. The van der Waals surface area contributed by atoms with Gasteiger partial charge in [0.25, 0.3) is 0 Å². The van der Waals surface area contributed by atoms with E-state index in [1.807, 2.05) is 12.2 Å². The summed E-state index contributed by atoms with van der Waals surface area (Å²) in [6.07, 6.45) is 43.6. The van der Waals surface area contributed by atoms with Crippen molar-refractivity contribution in [3.63, 3.8) is 0 Å². The highest BCUT2D eigenvalue weighted by molar-refractivity contribution is 7.47. The average molecular weight is 778 g/mol. The molecule has 54 heavy (non-hydrogen) atoms. The van der Waals surface area contributed by atoms with Crippen LogP contribution in [-0.4, -0.2) is 60.5 Å². The Labute approximate surface area is 326 Å². The summed E-state index contributed by atoms with van der Waals surface area (Å²) in [4.78, 5) is 34.8. The first-order chi connectivity index (χ1) is 26.2. The van der Waals surface area contributed by atoms with Crippen LogP contribution in [0.5, 0.6) is 0 Å².